The van der Waals surface area contributed by atoms with Gasteiger partial charge < -0.3 is 5.32 Å². The monoisotopic (exact) mass is 212 g/mol. The molecule has 2 nitrogen and oxygen atoms in total. The molecule has 0 unspecified atom stereocenters. The van der Waals surface area contributed by atoms with Crippen LogP contribution in [0.1, 0.15) is 18.5 Å². The highest BCUT2D eigenvalue weighted by atomic mass is 14.8. The topological polar surface area (TPSA) is 24.9 Å². The number of pyridine rings is 1. The van der Waals surface area contributed by atoms with Crippen LogP contribution >= 0.6 is 0 Å². The van der Waals surface area contributed by atoms with Crippen LogP contribution in [0.3, 0.4) is 0 Å². The van der Waals surface area contributed by atoms with Crippen LogP contribution in [0.2, 0.25) is 0 Å². The highest BCUT2D eigenvalue weighted by molar-refractivity contribution is 5.63. The Morgan fingerprint density at radius 3 is 2.50 bits per heavy atom. The van der Waals surface area contributed by atoms with Gasteiger partial charge in [0.2, 0.25) is 0 Å². The van der Waals surface area contributed by atoms with E-state index in [0.29, 0.717) is 6.04 Å². The lowest BCUT2D eigenvalue weighted by molar-refractivity contribution is 0.652. The average Bonchev–Trinajstić information content (AvgIpc) is 2.39. The third-order valence-corrected chi connectivity index (χ3v) is 2.83. The molecule has 2 aromatic rings. The molecule has 0 saturated heterocycles. The Labute approximate surface area is 96.4 Å². The average molecular weight is 212 g/mol. The van der Waals surface area contributed by atoms with Gasteiger partial charge in [-0.3, -0.25) is 4.98 Å². The van der Waals surface area contributed by atoms with E-state index in [1.54, 1.807) is 0 Å². The van der Waals surface area contributed by atoms with Crippen LogP contribution < -0.4 is 5.32 Å². The van der Waals surface area contributed by atoms with E-state index in [1.165, 1.54) is 16.7 Å². The molecular formula is C14H16N2. The summed E-state index contributed by atoms with van der Waals surface area (Å²) in [5.74, 6) is 0. The minimum Gasteiger partial charge on any atom is -0.313 e. The van der Waals surface area contributed by atoms with Gasteiger partial charge in [-0.2, -0.15) is 0 Å². The minimum absolute atomic E-state index is 0.377. The van der Waals surface area contributed by atoms with Crippen molar-refractivity contribution in [3.05, 3.63) is 54.4 Å². The smallest absolute Gasteiger partial charge is 0.0289 e. The molecule has 1 heterocycles. The summed E-state index contributed by atoms with van der Waals surface area (Å²) >= 11 is 0. The van der Waals surface area contributed by atoms with Crippen molar-refractivity contribution in [1.82, 2.24) is 10.3 Å². The number of rotatable bonds is 3. The van der Waals surface area contributed by atoms with Crippen molar-refractivity contribution in [1.29, 1.82) is 0 Å². The lowest BCUT2D eigenvalue weighted by Crippen LogP contribution is -2.12. The number of hydrogen-bond acceptors (Lipinski definition) is 2. The van der Waals surface area contributed by atoms with Gasteiger partial charge in [-0.1, -0.05) is 18.2 Å². The molecule has 0 bridgehead atoms. The van der Waals surface area contributed by atoms with Crippen LogP contribution in [0.25, 0.3) is 11.1 Å². The van der Waals surface area contributed by atoms with Crippen molar-refractivity contribution in [3.8, 4) is 11.1 Å². The highest BCUT2D eigenvalue weighted by Gasteiger charge is 2.03. The summed E-state index contributed by atoms with van der Waals surface area (Å²) in [4.78, 5) is 4.03. The summed E-state index contributed by atoms with van der Waals surface area (Å²) in [6, 6.07) is 13.0. The van der Waals surface area contributed by atoms with Gasteiger partial charge in [-0.15, -0.1) is 0 Å². The first-order valence-electron chi connectivity index (χ1n) is 5.49. The molecule has 0 aliphatic carbocycles. The zero-order chi connectivity index (χ0) is 11.4. The van der Waals surface area contributed by atoms with Crippen LogP contribution in [0, 0.1) is 0 Å². The summed E-state index contributed by atoms with van der Waals surface area (Å²) in [7, 11) is 1.98. The van der Waals surface area contributed by atoms with E-state index in [0.717, 1.165) is 0 Å². The van der Waals surface area contributed by atoms with E-state index in [9.17, 15) is 0 Å². The predicted molar refractivity (Wildman–Crippen MR) is 67.1 cm³/mol. The molecule has 0 aliphatic rings. The molecule has 2 heteroatoms. The molecule has 0 radical (unpaired) electrons. The Hall–Kier alpha value is -1.67. The molecular weight excluding hydrogens is 196 g/mol. The van der Waals surface area contributed by atoms with Gasteiger partial charge in [0, 0.05) is 18.4 Å². The Kier molecular flexibility index (Phi) is 3.32. The summed E-state index contributed by atoms with van der Waals surface area (Å²) in [6.45, 7) is 2.16. The number of benzene rings is 1. The Morgan fingerprint density at radius 1 is 1.06 bits per heavy atom. The lowest BCUT2D eigenvalue weighted by atomic mass is 10.0. The summed E-state index contributed by atoms with van der Waals surface area (Å²) in [5.41, 5.74) is 3.75. The fourth-order valence-corrected chi connectivity index (χ4v) is 1.70. The molecule has 0 aliphatic heterocycles. The van der Waals surface area contributed by atoms with E-state index >= 15 is 0 Å². The predicted octanol–water partition coefficient (Wildman–Crippen LogP) is 3.03. The maximum Gasteiger partial charge on any atom is 0.0289 e. The van der Waals surface area contributed by atoms with E-state index in [4.69, 9.17) is 0 Å². The highest BCUT2D eigenvalue weighted by Crippen LogP contribution is 2.22. The van der Waals surface area contributed by atoms with Crippen LogP contribution in [0.5, 0.6) is 0 Å². The molecule has 1 atom stereocenters. The fraction of sp³-hybridized carbons (Fsp3) is 0.214. The van der Waals surface area contributed by atoms with E-state index < -0.39 is 0 Å². The number of aromatic nitrogens is 1. The van der Waals surface area contributed by atoms with E-state index in [2.05, 4.69) is 41.5 Å². The third-order valence-electron chi connectivity index (χ3n) is 2.83. The Morgan fingerprint density at radius 2 is 1.81 bits per heavy atom. The van der Waals surface area contributed by atoms with Crippen LogP contribution in [0.4, 0.5) is 0 Å². The minimum atomic E-state index is 0.377. The van der Waals surface area contributed by atoms with E-state index in [1.807, 2.05) is 31.6 Å². The summed E-state index contributed by atoms with van der Waals surface area (Å²) < 4.78 is 0. The van der Waals surface area contributed by atoms with Gasteiger partial charge in [0.1, 0.15) is 0 Å². The number of hydrogen-bond donors (Lipinski definition) is 1. The molecule has 16 heavy (non-hydrogen) atoms. The van der Waals surface area contributed by atoms with E-state index in [-0.39, 0.29) is 0 Å². The van der Waals surface area contributed by atoms with Crippen molar-refractivity contribution in [2.45, 2.75) is 13.0 Å². The van der Waals surface area contributed by atoms with Crippen LogP contribution in [0.15, 0.2) is 48.8 Å². The summed E-state index contributed by atoms with van der Waals surface area (Å²) in [6.07, 6.45) is 3.65. The van der Waals surface area contributed by atoms with Gasteiger partial charge in [0.05, 0.1) is 0 Å². The third kappa shape index (κ3) is 2.28. The van der Waals surface area contributed by atoms with Crippen molar-refractivity contribution in [3.63, 3.8) is 0 Å². The van der Waals surface area contributed by atoms with Gasteiger partial charge in [0.15, 0.2) is 0 Å². The maximum atomic E-state index is 4.03. The molecule has 0 saturated carbocycles. The molecule has 1 aromatic carbocycles. The second-order valence-electron chi connectivity index (χ2n) is 3.87. The maximum absolute atomic E-state index is 4.03. The number of nitrogens with zero attached hydrogens (tertiary/aromatic N) is 1. The first-order valence-corrected chi connectivity index (χ1v) is 5.49. The SMILES string of the molecule is CN[C@@H](C)c1cccc(-c2ccncc2)c1. The first-order chi connectivity index (χ1) is 7.81. The van der Waals surface area contributed by atoms with Crippen molar-refractivity contribution in [2.75, 3.05) is 7.05 Å². The Balaban J connectivity index is 2.36. The second-order valence-corrected chi connectivity index (χ2v) is 3.87. The van der Waals surface area contributed by atoms with Crippen molar-refractivity contribution >= 4 is 0 Å². The van der Waals surface area contributed by atoms with Gasteiger partial charge in [0.25, 0.3) is 0 Å². The molecule has 2 rings (SSSR count). The Bertz CT molecular complexity index is 451. The molecule has 1 aromatic heterocycles. The molecule has 1 N–H and O–H groups in total. The van der Waals surface area contributed by atoms with Gasteiger partial charge in [-0.05, 0) is 48.9 Å². The molecule has 0 spiro atoms. The standard InChI is InChI=1S/C14H16N2/c1-11(15-2)13-4-3-5-14(10-13)12-6-8-16-9-7-12/h3-11,15H,1-2H3/t11-/m0/s1. The molecule has 0 fully saturated rings. The molecule has 82 valence electrons. The zero-order valence-electron chi connectivity index (χ0n) is 9.64. The normalized spacial score (nSPS) is 12.4. The zero-order valence-corrected chi connectivity index (χ0v) is 9.64. The second kappa shape index (κ2) is 4.90. The van der Waals surface area contributed by atoms with Crippen LogP contribution in [-0.2, 0) is 0 Å². The van der Waals surface area contributed by atoms with Gasteiger partial charge in [-0.25, -0.2) is 0 Å². The van der Waals surface area contributed by atoms with Crippen LogP contribution in [-0.4, -0.2) is 12.0 Å². The lowest BCUT2D eigenvalue weighted by Gasteiger charge is -2.12. The molecule has 0 amide bonds. The first kappa shape index (κ1) is 10.8. The summed E-state index contributed by atoms with van der Waals surface area (Å²) in [5, 5.41) is 3.25. The van der Waals surface area contributed by atoms with Gasteiger partial charge >= 0.3 is 0 Å². The fourth-order valence-electron chi connectivity index (χ4n) is 1.70. The van der Waals surface area contributed by atoms with Crippen molar-refractivity contribution < 1.29 is 0 Å². The largest absolute Gasteiger partial charge is 0.313 e. The quantitative estimate of drug-likeness (QED) is 0.846. The van der Waals surface area contributed by atoms with Crippen molar-refractivity contribution in [2.24, 2.45) is 0 Å². The number of nitrogens with one attached hydrogen (secondary N) is 1.